The molecule has 0 bridgehead atoms. The Labute approximate surface area is 127 Å². The number of nitrogens with one attached hydrogen (secondary N) is 2. The summed E-state index contributed by atoms with van der Waals surface area (Å²) in [5, 5.41) is 14.8. The zero-order chi connectivity index (χ0) is 15.9. The number of hydrogen-bond acceptors (Lipinski definition) is 3. The third kappa shape index (κ3) is 5.75. The van der Waals surface area contributed by atoms with E-state index < -0.39 is 0 Å². The fraction of sp³-hybridized carbons (Fsp3) is 0.733. The van der Waals surface area contributed by atoms with Crippen molar-refractivity contribution in [3.8, 4) is 0 Å². The summed E-state index contributed by atoms with van der Waals surface area (Å²) in [6.07, 6.45) is 4.98. The Kier molecular flexibility index (Phi) is 6.68. The highest BCUT2D eigenvalue weighted by Crippen LogP contribution is 2.13. The molecule has 1 unspecified atom stereocenters. The molecule has 0 aromatic carbocycles. The predicted octanol–water partition coefficient (Wildman–Crippen LogP) is 1.89. The van der Waals surface area contributed by atoms with E-state index in [1.807, 2.05) is 20.0 Å². The summed E-state index contributed by atoms with van der Waals surface area (Å²) in [7, 11) is 0. The summed E-state index contributed by atoms with van der Waals surface area (Å²) in [4.78, 5) is 16.3. The van der Waals surface area contributed by atoms with Crippen molar-refractivity contribution in [2.45, 2.75) is 59.2 Å². The van der Waals surface area contributed by atoms with Gasteiger partial charge in [-0.25, -0.2) is 9.78 Å². The van der Waals surface area contributed by atoms with E-state index >= 15 is 0 Å². The first kappa shape index (κ1) is 17.5. The molecule has 6 heteroatoms. The van der Waals surface area contributed by atoms with Crippen molar-refractivity contribution in [2.75, 3.05) is 6.61 Å². The second kappa shape index (κ2) is 8.02. The highest BCUT2D eigenvalue weighted by molar-refractivity contribution is 5.74. The Balaban J connectivity index is 2.51. The van der Waals surface area contributed by atoms with Crippen LogP contribution in [0.15, 0.2) is 12.4 Å². The first-order chi connectivity index (χ1) is 9.90. The van der Waals surface area contributed by atoms with Crippen molar-refractivity contribution in [2.24, 2.45) is 5.92 Å². The molecule has 1 aromatic heterocycles. The maximum Gasteiger partial charge on any atom is 0.315 e. The van der Waals surface area contributed by atoms with E-state index in [0.29, 0.717) is 18.9 Å². The van der Waals surface area contributed by atoms with Crippen LogP contribution in [0, 0.1) is 5.92 Å². The van der Waals surface area contributed by atoms with Crippen molar-refractivity contribution in [1.82, 2.24) is 20.2 Å². The molecule has 1 heterocycles. The standard InChI is InChI=1S/C15H28N4O2/c1-5-15(4,6-9-20)18-14(21)17-10-13-16-7-8-19(13)11-12(2)3/h7-8,12,20H,5-6,9-11H2,1-4H3,(H2,17,18,21). The van der Waals surface area contributed by atoms with E-state index in [2.05, 4.69) is 34.0 Å². The van der Waals surface area contributed by atoms with Crippen LogP contribution in [0.1, 0.15) is 46.4 Å². The van der Waals surface area contributed by atoms with E-state index in [9.17, 15) is 4.79 Å². The number of aliphatic hydroxyl groups is 1. The fourth-order valence-electron chi connectivity index (χ4n) is 2.12. The average molecular weight is 296 g/mol. The minimum atomic E-state index is -0.383. The molecule has 0 aliphatic heterocycles. The number of carbonyl (C=O) groups is 1. The number of aliphatic hydroxyl groups excluding tert-OH is 1. The van der Waals surface area contributed by atoms with Gasteiger partial charge in [0.2, 0.25) is 0 Å². The van der Waals surface area contributed by atoms with Crippen LogP contribution < -0.4 is 10.6 Å². The lowest BCUT2D eigenvalue weighted by Crippen LogP contribution is -2.50. The minimum absolute atomic E-state index is 0.0589. The number of amides is 2. The Bertz CT molecular complexity index is 445. The summed E-state index contributed by atoms with van der Waals surface area (Å²) < 4.78 is 2.05. The molecule has 0 saturated carbocycles. The zero-order valence-electron chi connectivity index (χ0n) is 13.5. The van der Waals surface area contributed by atoms with Gasteiger partial charge in [-0.3, -0.25) is 0 Å². The SMILES string of the molecule is CCC(C)(CCO)NC(=O)NCc1nccn1CC(C)C. The van der Waals surface area contributed by atoms with Gasteiger partial charge in [0, 0.05) is 31.1 Å². The van der Waals surface area contributed by atoms with Crippen LogP contribution in [-0.4, -0.2) is 32.8 Å². The van der Waals surface area contributed by atoms with Crippen LogP contribution in [-0.2, 0) is 13.1 Å². The van der Waals surface area contributed by atoms with Gasteiger partial charge in [-0.15, -0.1) is 0 Å². The number of aromatic nitrogens is 2. The van der Waals surface area contributed by atoms with Gasteiger partial charge >= 0.3 is 6.03 Å². The van der Waals surface area contributed by atoms with Crippen LogP contribution in [0.2, 0.25) is 0 Å². The summed E-state index contributed by atoms with van der Waals surface area (Å²) in [6, 6.07) is -0.230. The topological polar surface area (TPSA) is 79.2 Å². The second-order valence-electron chi connectivity index (χ2n) is 6.09. The van der Waals surface area contributed by atoms with Gasteiger partial charge in [0.15, 0.2) is 0 Å². The van der Waals surface area contributed by atoms with Crippen molar-refractivity contribution in [3.63, 3.8) is 0 Å². The lowest BCUT2D eigenvalue weighted by atomic mass is 9.95. The van der Waals surface area contributed by atoms with E-state index in [1.165, 1.54) is 0 Å². The molecule has 3 N–H and O–H groups in total. The van der Waals surface area contributed by atoms with Crippen molar-refractivity contribution in [3.05, 3.63) is 18.2 Å². The highest BCUT2D eigenvalue weighted by Gasteiger charge is 2.23. The number of carbonyl (C=O) groups excluding carboxylic acids is 1. The second-order valence-corrected chi connectivity index (χ2v) is 6.09. The summed E-state index contributed by atoms with van der Waals surface area (Å²) in [5.74, 6) is 1.37. The van der Waals surface area contributed by atoms with Crippen LogP contribution in [0.4, 0.5) is 4.79 Å². The third-order valence-corrected chi connectivity index (χ3v) is 3.63. The predicted molar refractivity (Wildman–Crippen MR) is 82.8 cm³/mol. The Morgan fingerprint density at radius 3 is 2.81 bits per heavy atom. The molecule has 0 aliphatic rings. The number of rotatable bonds is 8. The van der Waals surface area contributed by atoms with Gasteiger partial charge < -0.3 is 20.3 Å². The molecule has 0 radical (unpaired) electrons. The molecule has 0 saturated heterocycles. The van der Waals surface area contributed by atoms with Gasteiger partial charge in [-0.05, 0) is 25.7 Å². The fourth-order valence-corrected chi connectivity index (χ4v) is 2.12. The van der Waals surface area contributed by atoms with Gasteiger partial charge in [0.05, 0.1) is 6.54 Å². The Morgan fingerprint density at radius 2 is 2.24 bits per heavy atom. The van der Waals surface area contributed by atoms with Crippen molar-refractivity contribution >= 4 is 6.03 Å². The number of hydrogen-bond donors (Lipinski definition) is 3. The molecule has 0 fully saturated rings. The normalized spacial score (nSPS) is 14.0. The van der Waals surface area contributed by atoms with Gasteiger partial charge in [-0.1, -0.05) is 20.8 Å². The molecule has 1 atom stereocenters. The summed E-state index contributed by atoms with van der Waals surface area (Å²) in [6.45, 7) is 9.55. The van der Waals surface area contributed by atoms with Gasteiger partial charge in [0.25, 0.3) is 0 Å². The molecule has 21 heavy (non-hydrogen) atoms. The quantitative estimate of drug-likeness (QED) is 0.685. The summed E-state index contributed by atoms with van der Waals surface area (Å²) in [5.41, 5.74) is -0.383. The van der Waals surface area contributed by atoms with Gasteiger partial charge in [0.1, 0.15) is 5.82 Å². The molecular formula is C15H28N4O2. The number of nitrogens with zero attached hydrogens (tertiary/aromatic N) is 2. The molecule has 0 spiro atoms. The van der Waals surface area contributed by atoms with E-state index in [4.69, 9.17) is 5.11 Å². The van der Waals surface area contributed by atoms with Crippen molar-refractivity contribution < 1.29 is 9.90 Å². The lowest BCUT2D eigenvalue weighted by molar-refractivity contribution is 0.200. The first-order valence-electron chi connectivity index (χ1n) is 7.57. The number of urea groups is 1. The minimum Gasteiger partial charge on any atom is -0.396 e. The highest BCUT2D eigenvalue weighted by atomic mass is 16.3. The third-order valence-electron chi connectivity index (χ3n) is 3.63. The molecule has 0 aliphatic carbocycles. The average Bonchev–Trinajstić information content (AvgIpc) is 2.83. The van der Waals surface area contributed by atoms with E-state index in [1.54, 1.807) is 6.20 Å². The van der Waals surface area contributed by atoms with Crippen LogP contribution >= 0.6 is 0 Å². The van der Waals surface area contributed by atoms with E-state index in [-0.39, 0.29) is 18.2 Å². The maximum atomic E-state index is 12.0. The molecule has 1 rings (SSSR count). The number of imidazole rings is 1. The van der Waals surface area contributed by atoms with Crippen LogP contribution in [0.5, 0.6) is 0 Å². The maximum absolute atomic E-state index is 12.0. The lowest BCUT2D eigenvalue weighted by Gasteiger charge is -2.29. The summed E-state index contributed by atoms with van der Waals surface area (Å²) >= 11 is 0. The molecular weight excluding hydrogens is 268 g/mol. The first-order valence-corrected chi connectivity index (χ1v) is 7.57. The Morgan fingerprint density at radius 1 is 1.52 bits per heavy atom. The molecule has 6 nitrogen and oxygen atoms in total. The van der Waals surface area contributed by atoms with Crippen molar-refractivity contribution in [1.29, 1.82) is 0 Å². The Hall–Kier alpha value is -1.56. The smallest absolute Gasteiger partial charge is 0.315 e. The molecule has 1 aromatic rings. The molecule has 2 amide bonds. The van der Waals surface area contributed by atoms with E-state index in [0.717, 1.165) is 18.8 Å². The van der Waals surface area contributed by atoms with Crippen LogP contribution in [0.3, 0.4) is 0 Å². The largest absolute Gasteiger partial charge is 0.396 e. The molecule has 120 valence electrons. The zero-order valence-corrected chi connectivity index (χ0v) is 13.5. The van der Waals surface area contributed by atoms with Gasteiger partial charge in [-0.2, -0.15) is 0 Å². The monoisotopic (exact) mass is 296 g/mol. The van der Waals surface area contributed by atoms with Crippen LogP contribution in [0.25, 0.3) is 0 Å².